The quantitative estimate of drug-likeness (QED) is 0.806. The summed E-state index contributed by atoms with van der Waals surface area (Å²) in [5, 5.41) is 3.50. The molecule has 1 atom stereocenters. The van der Waals surface area contributed by atoms with Crippen molar-refractivity contribution in [2.24, 2.45) is 0 Å². The highest BCUT2D eigenvalue weighted by atomic mass is 16.5. The molecule has 0 saturated heterocycles. The molecule has 0 aliphatic heterocycles. The van der Waals surface area contributed by atoms with Crippen LogP contribution >= 0.6 is 0 Å². The van der Waals surface area contributed by atoms with E-state index in [1.165, 1.54) is 5.56 Å². The summed E-state index contributed by atoms with van der Waals surface area (Å²) in [6.07, 6.45) is 5.23. The molecule has 1 N–H and O–H groups in total. The Hall–Kier alpha value is -2.24. The van der Waals surface area contributed by atoms with Crippen LogP contribution in [0.15, 0.2) is 54.6 Å². The van der Waals surface area contributed by atoms with Crippen LogP contribution in [0, 0.1) is 12.3 Å². The van der Waals surface area contributed by atoms with E-state index in [0.717, 1.165) is 17.9 Å². The zero-order valence-electron chi connectivity index (χ0n) is 11.7. The Morgan fingerprint density at radius 1 is 1.10 bits per heavy atom. The highest BCUT2D eigenvalue weighted by molar-refractivity contribution is 5.33. The maximum Gasteiger partial charge on any atom is 0.148 e. The van der Waals surface area contributed by atoms with Crippen molar-refractivity contribution in [2.45, 2.75) is 19.5 Å². The minimum absolute atomic E-state index is 0.289. The van der Waals surface area contributed by atoms with E-state index in [0.29, 0.717) is 6.61 Å². The van der Waals surface area contributed by atoms with Gasteiger partial charge in [0.1, 0.15) is 12.4 Å². The molecule has 0 aliphatic carbocycles. The molecule has 2 rings (SSSR count). The van der Waals surface area contributed by atoms with Crippen molar-refractivity contribution in [3.63, 3.8) is 0 Å². The van der Waals surface area contributed by atoms with Crippen molar-refractivity contribution in [1.29, 1.82) is 0 Å². The second kappa shape index (κ2) is 7.37. The van der Waals surface area contributed by atoms with E-state index in [9.17, 15) is 0 Å². The van der Waals surface area contributed by atoms with Gasteiger partial charge in [0.15, 0.2) is 0 Å². The summed E-state index contributed by atoms with van der Waals surface area (Å²) in [6.45, 7) is 3.20. The minimum atomic E-state index is 0.289. The third-order valence-electron chi connectivity index (χ3n) is 3.18. The van der Waals surface area contributed by atoms with Crippen LogP contribution in [0.5, 0.6) is 5.75 Å². The van der Waals surface area contributed by atoms with E-state index in [2.05, 4.69) is 48.5 Å². The summed E-state index contributed by atoms with van der Waals surface area (Å²) >= 11 is 0. The maximum absolute atomic E-state index is 5.55. The zero-order valence-corrected chi connectivity index (χ0v) is 11.7. The van der Waals surface area contributed by atoms with Crippen LogP contribution in [0.1, 0.15) is 24.1 Å². The van der Waals surface area contributed by atoms with Gasteiger partial charge in [-0.1, -0.05) is 54.5 Å². The van der Waals surface area contributed by atoms with Crippen molar-refractivity contribution < 1.29 is 4.74 Å². The van der Waals surface area contributed by atoms with Crippen molar-refractivity contribution in [2.75, 3.05) is 6.61 Å². The van der Waals surface area contributed by atoms with Crippen LogP contribution in [-0.2, 0) is 6.54 Å². The fourth-order valence-corrected chi connectivity index (χ4v) is 2.03. The molecule has 0 heterocycles. The summed E-state index contributed by atoms with van der Waals surface area (Å²) in [4.78, 5) is 0. The molecule has 0 spiro atoms. The van der Waals surface area contributed by atoms with Crippen molar-refractivity contribution in [1.82, 2.24) is 5.32 Å². The van der Waals surface area contributed by atoms with Gasteiger partial charge in [-0.15, -0.1) is 6.42 Å². The number of ether oxygens (including phenoxy) is 1. The van der Waals surface area contributed by atoms with E-state index >= 15 is 0 Å². The molecule has 0 bridgehead atoms. The molecule has 2 nitrogen and oxygen atoms in total. The molecular weight excluding hydrogens is 246 g/mol. The second-order valence-electron chi connectivity index (χ2n) is 4.61. The Kier molecular flexibility index (Phi) is 5.23. The fourth-order valence-electron chi connectivity index (χ4n) is 2.03. The number of hydrogen-bond donors (Lipinski definition) is 1. The molecule has 0 saturated carbocycles. The number of benzene rings is 2. The van der Waals surface area contributed by atoms with E-state index in [4.69, 9.17) is 11.2 Å². The van der Waals surface area contributed by atoms with Crippen LogP contribution in [0.3, 0.4) is 0 Å². The first-order chi connectivity index (χ1) is 9.81. The van der Waals surface area contributed by atoms with Crippen molar-refractivity contribution in [3.05, 3.63) is 65.7 Å². The highest BCUT2D eigenvalue weighted by Gasteiger charge is 2.06. The van der Waals surface area contributed by atoms with E-state index in [-0.39, 0.29) is 6.04 Å². The van der Waals surface area contributed by atoms with Gasteiger partial charge in [0.25, 0.3) is 0 Å². The van der Waals surface area contributed by atoms with Crippen LogP contribution in [0.2, 0.25) is 0 Å². The third-order valence-corrected chi connectivity index (χ3v) is 3.18. The highest BCUT2D eigenvalue weighted by Crippen LogP contribution is 2.19. The van der Waals surface area contributed by atoms with Gasteiger partial charge in [0.05, 0.1) is 0 Å². The molecule has 0 aliphatic rings. The Morgan fingerprint density at radius 3 is 2.55 bits per heavy atom. The lowest BCUT2D eigenvalue weighted by Crippen LogP contribution is -2.18. The smallest absolute Gasteiger partial charge is 0.148 e. The Labute approximate surface area is 120 Å². The van der Waals surface area contributed by atoms with Gasteiger partial charge in [-0.05, 0) is 18.6 Å². The molecule has 0 radical (unpaired) electrons. The summed E-state index contributed by atoms with van der Waals surface area (Å²) in [6, 6.07) is 18.6. The number of nitrogens with one attached hydrogen (secondary N) is 1. The van der Waals surface area contributed by atoms with Gasteiger partial charge >= 0.3 is 0 Å². The molecule has 0 unspecified atom stereocenters. The molecule has 2 aromatic carbocycles. The Bertz CT molecular complexity index is 571. The van der Waals surface area contributed by atoms with E-state index in [1.807, 2.05) is 24.3 Å². The molecule has 0 fully saturated rings. The van der Waals surface area contributed by atoms with Crippen molar-refractivity contribution >= 4 is 0 Å². The normalized spacial score (nSPS) is 11.6. The predicted molar refractivity (Wildman–Crippen MR) is 82.5 cm³/mol. The summed E-state index contributed by atoms with van der Waals surface area (Å²) < 4.78 is 5.55. The molecular formula is C18H19NO. The maximum atomic E-state index is 5.55. The van der Waals surface area contributed by atoms with Gasteiger partial charge in [-0.25, -0.2) is 0 Å². The SMILES string of the molecule is C#CCOc1ccccc1CN[C@H](C)c1ccccc1. The lowest BCUT2D eigenvalue weighted by atomic mass is 10.1. The van der Waals surface area contributed by atoms with Gasteiger partial charge < -0.3 is 10.1 Å². The Morgan fingerprint density at radius 2 is 1.80 bits per heavy atom. The summed E-state index contributed by atoms with van der Waals surface area (Å²) in [5.74, 6) is 3.34. The number of terminal acetylenes is 1. The van der Waals surface area contributed by atoms with Crippen LogP contribution in [0.4, 0.5) is 0 Å². The lowest BCUT2D eigenvalue weighted by Gasteiger charge is -2.16. The summed E-state index contributed by atoms with van der Waals surface area (Å²) in [5.41, 5.74) is 2.39. The molecule has 0 amide bonds. The number of hydrogen-bond acceptors (Lipinski definition) is 2. The predicted octanol–water partition coefficient (Wildman–Crippen LogP) is 3.55. The Balaban J connectivity index is 1.99. The van der Waals surface area contributed by atoms with Gasteiger partial charge in [0.2, 0.25) is 0 Å². The average molecular weight is 265 g/mol. The van der Waals surface area contributed by atoms with Gasteiger partial charge in [0, 0.05) is 18.2 Å². The van der Waals surface area contributed by atoms with Crippen LogP contribution in [0.25, 0.3) is 0 Å². The third kappa shape index (κ3) is 3.88. The first kappa shape index (κ1) is 14.2. The van der Waals surface area contributed by atoms with Gasteiger partial charge in [-0.2, -0.15) is 0 Å². The molecule has 2 aromatic rings. The monoisotopic (exact) mass is 265 g/mol. The number of rotatable bonds is 6. The van der Waals surface area contributed by atoms with Gasteiger partial charge in [-0.3, -0.25) is 0 Å². The molecule has 102 valence electrons. The standard InChI is InChI=1S/C18H19NO/c1-3-13-20-18-12-8-7-11-17(18)14-19-15(2)16-9-5-4-6-10-16/h1,4-12,15,19H,13-14H2,2H3/t15-/m1/s1. The minimum Gasteiger partial charge on any atom is -0.481 e. The van der Waals surface area contributed by atoms with Crippen LogP contribution in [-0.4, -0.2) is 6.61 Å². The topological polar surface area (TPSA) is 21.3 Å². The van der Waals surface area contributed by atoms with Crippen LogP contribution < -0.4 is 10.1 Å². The first-order valence-corrected chi connectivity index (χ1v) is 6.73. The van der Waals surface area contributed by atoms with E-state index in [1.54, 1.807) is 0 Å². The average Bonchev–Trinajstić information content (AvgIpc) is 2.52. The van der Waals surface area contributed by atoms with E-state index < -0.39 is 0 Å². The second-order valence-corrected chi connectivity index (χ2v) is 4.61. The first-order valence-electron chi connectivity index (χ1n) is 6.73. The largest absolute Gasteiger partial charge is 0.481 e. The lowest BCUT2D eigenvalue weighted by molar-refractivity contribution is 0.364. The molecule has 2 heteroatoms. The molecule has 20 heavy (non-hydrogen) atoms. The van der Waals surface area contributed by atoms with Crippen molar-refractivity contribution in [3.8, 4) is 18.1 Å². The molecule has 0 aromatic heterocycles. The zero-order chi connectivity index (χ0) is 14.2. The fraction of sp³-hybridized carbons (Fsp3) is 0.222. The number of para-hydroxylation sites is 1. The summed E-state index contributed by atoms with van der Waals surface area (Å²) in [7, 11) is 0.